The normalized spacial score (nSPS) is 16.1. The number of aromatic nitrogens is 2. The van der Waals surface area contributed by atoms with Gasteiger partial charge in [0, 0.05) is 24.8 Å². The number of nitrogens with zero attached hydrogens (tertiary/aromatic N) is 4. The first-order chi connectivity index (χ1) is 18.5. The Morgan fingerprint density at radius 3 is 2.54 bits per heavy atom. The van der Waals surface area contributed by atoms with E-state index in [0.29, 0.717) is 40.6 Å². The summed E-state index contributed by atoms with van der Waals surface area (Å²) < 4.78 is 45.0. The Kier molecular flexibility index (Phi) is 7.84. The molecule has 0 spiro atoms. The summed E-state index contributed by atoms with van der Waals surface area (Å²) in [7, 11) is 1.68. The van der Waals surface area contributed by atoms with E-state index in [-0.39, 0.29) is 17.7 Å². The van der Waals surface area contributed by atoms with Crippen molar-refractivity contribution in [2.45, 2.75) is 19.5 Å². The third-order valence-corrected chi connectivity index (χ3v) is 5.84. The summed E-state index contributed by atoms with van der Waals surface area (Å²) in [6.07, 6.45) is 0.934. The smallest absolute Gasteiger partial charge is 0.416 e. The highest BCUT2D eigenvalue weighted by molar-refractivity contribution is 6.03. The van der Waals surface area contributed by atoms with Crippen molar-refractivity contribution in [3.8, 4) is 11.8 Å². The number of benzene rings is 2. The van der Waals surface area contributed by atoms with Crippen LogP contribution in [0.3, 0.4) is 0 Å². The Bertz CT molecular complexity index is 1480. The molecule has 2 aromatic carbocycles. The van der Waals surface area contributed by atoms with Gasteiger partial charge in [0.15, 0.2) is 0 Å². The zero-order valence-corrected chi connectivity index (χ0v) is 21.2. The number of anilines is 2. The van der Waals surface area contributed by atoms with Crippen molar-refractivity contribution >= 4 is 34.6 Å². The fourth-order valence-electron chi connectivity index (χ4n) is 3.72. The van der Waals surface area contributed by atoms with Crippen molar-refractivity contribution < 1.29 is 17.9 Å². The first kappa shape index (κ1) is 27.2. The quantitative estimate of drug-likeness (QED) is 0.182. The number of hydrogen-bond donors (Lipinski definition) is 4. The molecule has 9 nitrogen and oxygen atoms in total. The molecule has 0 aliphatic heterocycles. The number of alkyl halides is 3. The van der Waals surface area contributed by atoms with E-state index in [1.54, 1.807) is 49.5 Å². The molecule has 0 bridgehead atoms. The Morgan fingerprint density at radius 2 is 1.85 bits per heavy atom. The summed E-state index contributed by atoms with van der Waals surface area (Å²) in [4.78, 5) is 17.5. The Balaban J connectivity index is 1.58. The lowest BCUT2D eigenvalue weighted by atomic mass is 9.95. The topological polar surface area (TPSA) is 150 Å². The second kappa shape index (κ2) is 11.3. The van der Waals surface area contributed by atoms with Gasteiger partial charge in [-0.2, -0.15) is 18.2 Å². The molecule has 1 aliphatic carbocycles. The lowest BCUT2D eigenvalue weighted by Gasteiger charge is -2.18. The number of rotatable bonds is 7. The lowest BCUT2D eigenvalue weighted by molar-refractivity contribution is -0.0887. The molecule has 1 aromatic heterocycles. The molecular formula is C27H27F3N8O. The number of nitrogen functional groups attached to an aromatic ring is 1. The maximum atomic E-state index is 13.1. The van der Waals surface area contributed by atoms with E-state index in [1.165, 1.54) is 12.3 Å². The van der Waals surface area contributed by atoms with Crippen molar-refractivity contribution in [2.24, 2.45) is 27.4 Å². The van der Waals surface area contributed by atoms with Gasteiger partial charge in [-0.15, -0.1) is 0 Å². The monoisotopic (exact) mass is 536 g/mol. The first-order valence-electron chi connectivity index (χ1n) is 11.9. The third kappa shape index (κ3) is 6.72. The molecule has 0 fully saturated rings. The molecule has 1 unspecified atom stereocenters. The molecule has 39 heavy (non-hydrogen) atoms. The number of aliphatic imine (C=N–C) groups is 2. The van der Waals surface area contributed by atoms with Gasteiger partial charge in [-0.25, -0.2) is 15.0 Å². The van der Waals surface area contributed by atoms with Crippen molar-refractivity contribution in [1.29, 1.82) is 0 Å². The fourth-order valence-corrected chi connectivity index (χ4v) is 3.72. The summed E-state index contributed by atoms with van der Waals surface area (Å²) in [5.74, 6) is 0.433. The molecule has 12 heteroatoms. The largest absolute Gasteiger partial charge is 0.424 e. The van der Waals surface area contributed by atoms with Crippen molar-refractivity contribution in [3.63, 3.8) is 0 Å². The Morgan fingerprint density at radius 1 is 1.10 bits per heavy atom. The van der Waals surface area contributed by atoms with Crippen LogP contribution in [0, 0.1) is 12.8 Å². The van der Waals surface area contributed by atoms with E-state index in [4.69, 9.17) is 21.9 Å². The van der Waals surface area contributed by atoms with E-state index in [0.717, 1.165) is 17.7 Å². The van der Waals surface area contributed by atoms with Crippen LogP contribution < -0.4 is 27.3 Å². The van der Waals surface area contributed by atoms with Crippen LogP contribution in [0.5, 0.6) is 11.8 Å². The molecule has 1 atom stereocenters. The van der Waals surface area contributed by atoms with Gasteiger partial charge >= 0.3 is 12.2 Å². The predicted molar refractivity (Wildman–Crippen MR) is 147 cm³/mol. The van der Waals surface area contributed by atoms with E-state index in [1.807, 2.05) is 6.92 Å². The maximum absolute atomic E-state index is 13.1. The number of ether oxygens (including phenoxy) is 1. The van der Waals surface area contributed by atoms with E-state index >= 15 is 0 Å². The van der Waals surface area contributed by atoms with Gasteiger partial charge in [0.1, 0.15) is 23.2 Å². The number of nitrogens with two attached hydrogens (primary N) is 3. The Hall–Kier alpha value is -4.87. The summed E-state index contributed by atoms with van der Waals surface area (Å²) >= 11 is 0. The highest BCUT2D eigenvalue weighted by atomic mass is 19.4. The highest BCUT2D eigenvalue weighted by Crippen LogP contribution is 2.32. The summed E-state index contributed by atoms with van der Waals surface area (Å²) in [6.45, 7) is 1.84. The minimum absolute atomic E-state index is 0.0652. The summed E-state index contributed by atoms with van der Waals surface area (Å²) in [6, 6.07) is 12.0. The van der Waals surface area contributed by atoms with Crippen LogP contribution in [0.1, 0.15) is 17.5 Å². The van der Waals surface area contributed by atoms with Crippen molar-refractivity contribution in [2.75, 3.05) is 18.1 Å². The maximum Gasteiger partial charge on any atom is 0.416 e. The molecule has 1 heterocycles. The number of amidine groups is 2. The number of halogens is 3. The molecule has 0 saturated heterocycles. The van der Waals surface area contributed by atoms with E-state index in [9.17, 15) is 13.2 Å². The average Bonchev–Trinajstić information content (AvgIpc) is 2.91. The predicted octanol–water partition coefficient (Wildman–Crippen LogP) is 5.29. The molecule has 4 rings (SSSR count). The molecule has 7 N–H and O–H groups in total. The lowest BCUT2D eigenvalue weighted by Crippen LogP contribution is -2.25. The van der Waals surface area contributed by atoms with Gasteiger partial charge in [-0.05, 0) is 55.3 Å². The molecule has 0 amide bonds. The van der Waals surface area contributed by atoms with Crippen molar-refractivity contribution in [1.82, 2.24) is 9.97 Å². The molecule has 0 saturated carbocycles. The zero-order valence-electron chi connectivity index (χ0n) is 21.2. The average molecular weight is 537 g/mol. The fraction of sp³-hybridized carbons (Fsp3) is 0.185. The van der Waals surface area contributed by atoms with E-state index < -0.39 is 17.7 Å². The third-order valence-electron chi connectivity index (χ3n) is 5.84. The minimum Gasteiger partial charge on any atom is -0.424 e. The minimum atomic E-state index is -4.45. The zero-order chi connectivity index (χ0) is 28.2. The van der Waals surface area contributed by atoms with Crippen LogP contribution in [0.25, 0.3) is 0 Å². The number of allylic oxidation sites excluding steroid dienone is 3. The summed E-state index contributed by atoms with van der Waals surface area (Å²) in [5, 5.41) is 2.96. The molecule has 1 aliphatic rings. The van der Waals surface area contributed by atoms with Gasteiger partial charge in [-0.3, -0.25) is 0 Å². The van der Waals surface area contributed by atoms with Gasteiger partial charge < -0.3 is 27.3 Å². The highest BCUT2D eigenvalue weighted by Gasteiger charge is 2.34. The second-order valence-corrected chi connectivity index (χ2v) is 8.70. The van der Waals surface area contributed by atoms with Crippen LogP contribution in [0.15, 0.2) is 82.4 Å². The van der Waals surface area contributed by atoms with Gasteiger partial charge in [0.05, 0.1) is 22.5 Å². The van der Waals surface area contributed by atoms with Crippen LogP contribution >= 0.6 is 0 Å². The standard InChI is InChI=1S/C27H27F3N8O/c1-15-6-9-19(36-23(32)16-4-3-5-17(12-16)27(28,29)30)13-22(15)37-24(33)21-14-35-26(38-25(21)34-2)39-20-10-7-18(31)8-11-20/h3,5-14,16H,4,31H2,1-2H3,(H2,32,36)(H2,33,37)(H,34,35,38). The second-order valence-electron chi connectivity index (χ2n) is 8.70. The van der Waals surface area contributed by atoms with Gasteiger partial charge in [0.2, 0.25) is 0 Å². The molecular weight excluding hydrogens is 509 g/mol. The molecule has 202 valence electrons. The van der Waals surface area contributed by atoms with Gasteiger partial charge in [0.25, 0.3) is 0 Å². The van der Waals surface area contributed by atoms with Gasteiger partial charge in [-0.1, -0.05) is 24.3 Å². The van der Waals surface area contributed by atoms with Crippen LogP contribution in [0.2, 0.25) is 0 Å². The number of aryl methyl sites for hydroxylation is 1. The van der Waals surface area contributed by atoms with E-state index in [2.05, 4.69) is 25.3 Å². The van der Waals surface area contributed by atoms with Crippen LogP contribution in [0.4, 0.5) is 36.1 Å². The molecule has 0 radical (unpaired) electrons. The summed E-state index contributed by atoms with van der Waals surface area (Å²) in [5.41, 5.74) is 20.1. The SMILES string of the molecule is CNc1nc(Oc2ccc(N)cc2)ncc1C(N)=Nc1cc(N=C(N)C2C=C(C(F)(F)F)C=CC2)ccc1C. The number of hydrogen-bond acceptors (Lipinski definition) is 7. The number of nitrogens with one attached hydrogen (secondary N) is 1. The first-order valence-corrected chi connectivity index (χ1v) is 11.9. The Labute approximate surface area is 223 Å². The van der Waals surface area contributed by atoms with Crippen LogP contribution in [-0.4, -0.2) is 34.9 Å². The van der Waals surface area contributed by atoms with Crippen molar-refractivity contribution in [3.05, 3.63) is 83.6 Å². The van der Waals surface area contributed by atoms with Crippen LogP contribution in [-0.2, 0) is 0 Å². The molecule has 3 aromatic rings.